The standard InChI is InChI=1S/C25H23N5O2S/c1-15-4-9-19(10-5-15)26-22(31)24-30-29-23(33-24)18-7-12-20(13-8-18)27-25(32)28-21-11-6-16(2)17(3)14-21/h4-14H,1-3H3,(H,26,31)(H2,27,28,32). The average Bonchev–Trinajstić information content (AvgIpc) is 3.29. The molecule has 3 amide bonds. The fraction of sp³-hybridized carbons (Fsp3) is 0.120. The number of carbonyl (C=O) groups is 2. The number of aromatic nitrogens is 2. The summed E-state index contributed by atoms with van der Waals surface area (Å²) in [7, 11) is 0. The molecule has 8 heteroatoms. The van der Waals surface area contributed by atoms with E-state index in [4.69, 9.17) is 0 Å². The van der Waals surface area contributed by atoms with Gasteiger partial charge in [0.25, 0.3) is 5.91 Å². The molecular weight excluding hydrogens is 434 g/mol. The van der Waals surface area contributed by atoms with E-state index in [2.05, 4.69) is 26.1 Å². The van der Waals surface area contributed by atoms with Crippen molar-refractivity contribution >= 4 is 40.3 Å². The van der Waals surface area contributed by atoms with Crippen LogP contribution in [0.2, 0.25) is 0 Å². The van der Waals surface area contributed by atoms with Crippen molar-refractivity contribution in [1.82, 2.24) is 10.2 Å². The van der Waals surface area contributed by atoms with Gasteiger partial charge in [-0.25, -0.2) is 4.79 Å². The Bertz CT molecular complexity index is 1300. The summed E-state index contributed by atoms with van der Waals surface area (Å²) in [6.07, 6.45) is 0. The highest BCUT2D eigenvalue weighted by Crippen LogP contribution is 2.25. The number of nitrogens with zero attached hydrogens (tertiary/aromatic N) is 2. The lowest BCUT2D eigenvalue weighted by molar-refractivity contribution is 0.102. The summed E-state index contributed by atoms with van der Waals surface area (Å²) in [5.74, 6) is -0.302. The average molecular weight is 458 g/mol. The van der Waals surface area contributed by atoms with Crippen LogP contribution in [0.4, 0.5) is 21.9 Å². The van der Waals surface area contributed by atoms with Crippen LogP contribution in [0.5, 0.6) is 0 Å². The Morgan fingerprint density at radius 3 is 2.00 bits per heavy atom. The molecule has 0 aliphatic rings. The van der Waals surface area contributed by atoms with Gasteiger partial charge in [0.05, 0.1) is 0 Å². The van der Waals surface area contributed by atoms with E-state index < -0.39 is 0 Å². The summed E-state index contributed by atoms with van der Waals surface area (Å²) in [6, 6.07) is 20.2. The second-order valence-electron chi connectivity index (χ2n) is 7.69. The van der Waals surface area contributed by atoms with Crippen molar-refractivity contribution in [1.29, 1.82) is 0 Å². The monoisotopic (exact) mass is 457 g/mol. The molecule has 0 saturated heterocycles. The van der Waals surface area contributed by atoms with E-state index in [-0.39, 0.29) is 16.9 Å². The number of hydrogen-bond donors (Lipinski definition) is 3. The maximum absolute atomic E-state index is 12.5. The number of nitrogens with one attached hydrogen (secondary N) is 3. The molecule has 33 heavy (non-hydrogen) atoms. The van der Waals surface area contributed by atoms with Crippen LogP contribution < -0.4 is 16.0 Å². The predicted molar refractivity (Wildman–Crippen MR) is 133 cm³/mol. The van der Waals surface area contributed by atoms with Crippen LogP contribution in [0.25, 0.3) is 10.6 Å². The van der Waals surface area contributed by atoms with Crippen molar-refractivity contribution < 1.29 is 9.59 Å². The van der Waals surface area contributed by atoms with Crippen molar-refractivity contribution in [2.24, 2.45) is 0 Å². The number of rotatable bonds is 5. The zero-order valence-electron chi connectivity index (χ0n) is 18.5. The first-order chi connectivity index (χ1) is 15.9. The van der Waals surface area contributed by atoms with Crippen LogP contribution in [0.15, 0.2) is 66.7 Å². The molecule has 0 bridgehead atoms. The van der Waals surface area contributed by atoms with E-state index >= 15 is 0 Å². The lowest BCUT2D eigenvalue weighted by atomic mass is 10.1. The highest BCUT2D eigenvalue weighted by Gasteiger charge is 2.14. The molecule has 3 N–H and O–H groups in total. The normalized spacial score (nSPS) is 10.5. The second-order valence-corrected chi connectivity index (χ2v) is 8.67. The molecule has 0 fully saturated rings. The number of carbonyl (C=O) groups excluding carboxylic acids is 2. The summed E-state index contributed by atoms with van der Waals surface area (Å²) in [4.78, 5) is 24.7. The molecule has 4 rings (SSSR count). The van der Waals surface area contributed by atoms with Crippen molar-refractivity contribution in [2.45, 2.75) is 20.8 Å². The minimum absolute atomic E-state index is 0.278. The van der Waals surface area contributed by atoms with Crippen molar-refractivity contribution in [3.05, 3.63) is 88.4 Å². The summed E-state index contributed by atoms with van der Waals surface area (Å²) in [5, 5.41) is 17.5. The predicted octanol–water partition coefficient (Wildman–Crippen LogP) is 6.03. The van der Waals surface area contributed by atoms with E-state index in [1.54, 1.807) is 12.1 Å². The lowest BCUT2D eigenvalue weighted by Gasteiger charge is -2.09. The number of anilines is 3. The van der Waals surface area contributed by atoms with Gasteiger partial charge in [-0.15, -0.1) is 10.2 Å². The molecule has 0 spiro atoms. The summed E-state index contributed by atoms with van der Waals surface area (Å²) < 4.78 is 0. The Hall–Kier alpha value is -4.04. The maximum Gasteiger partial charge on any atom is 0.323 e. The zero-order valence-corrected chi connectivity index (χ0v) is 19.3. The van der Waals surface area contributed by atoms with Gasteiger partial charge in [-0.1, -0.05) is 35.1 Å². The second kappa shape index (κ2) is 9.62. The third-order valence-corrected chi connectivity index (χ3v) is 6.05. The largest absolute Gasteiger partial charge is 0.323 e. The molecule has 166 valence electrons. The van der Waals surface area contributed by atoms with Gasteiger partial charge in [0.15, 0.2) is 0 Å². The molecule has 0 unspecified atom stereocenters. The third-order valence-electron chi connectivity index (χ3n) is 5.08. The number of amides is 3. The first-order valence-electron chi connectivity index (χ1n) is 10.3. The molecule has 0 atom stereocenters. The van der Waals surface area contributed by atoms with Gasteiger partial charge < -0.3 is 16.0 Å². The highest BCUT2D eigenvalue weighted by atomic mass is 32.1. The van der Waals surface area contributed by atoms with Crippen molar-refractivity contribution in [2.75, 3.05) is 16.0 Å². The maximum atomic E-state index is 12.5. The minimum Gasteiger partial charge on any atom is -0.320 e. The van der Waals surface area contributed by atoms with E-state index in [0.29, 0.717) is 16.4 Å². The van der Waals surface area contributed by atoms with Gasteiger partial charge >= 0.3 is 6.03 Å². The minimum atomic E-state index is -0.322. The molecule has 0 radical (unpaired) electrons. The molecule has 0 aliphatic heterocycles. The van der Waals surface area contributed by atoms with Crippen molar-refractivity contribution in [3.63, 3.8) is 0 Å². The first-order valence-corrected chi connectivity index (χ1v) is 11.2. The van der Waals surface area contributed by atoms with Gasteiger partial charge in [-0.3, -0.25) is 4.79 Å². The molecule has 0 aliphatic carbocycles. The molecule has 1 heterocycles. The van der Waals surface area contributed by atoms with Gasteiger partial charge in [0, 0.05) is 22.6 Å². The number of urea groups is 1. The van der Waals surface area contributed by atoms with Crippen LogP contribution in [0.1, 0.15) is 26.5 Å². The molecule has 7 nitrogen and oxygen atoms in total. The smallest absolute Gasteiger partial charge is 0.320 e. The molecule has 4 aromatic rings. The Kier molecular flexibility index (Phi) is 6.46. The summed E-state index contributed by atoms with van der Waals surface area (Å²) in [5.41, 5.74) is 6.29. The summed E-state index contributed by atoms with van der Waals surface area (Å²) >= 11 is 1.21. The number of hydrogen-bond acceptors (Lipinski definition) is 5. The molecule has 3 aromatic carbocycles. The molecular formula is C25H23N5O2S. The van der Waals surface area contributed by atoms with Gasteiger partial charge in [-0.05, 0) is 80.4 Å². The van der Waals surface area contributed by atoms with E-state index in [0.717, 1.165) is 22.4 Å². The van der Waals surface area contributed by atoms with Crippen LogP contribution in [0, 0.1) is 20.8 Å². The van der Waals surface area contributed by atoms with Crippen LogP contribution >= 0.6 is 11.3 Å². The molecule has 1 aromatic heterocycles. The van der Waals surface area contributed by atoms with E-state index in [1.165, 1.54) is 16.9 Å². The van der Waals surface area contributed by atoms with Crippen molar-refractivity contribution in [3.8, 4) is 10.6 Å². The fourth-order valence-corrected chi connectivity index (χ4v) is 3.81. The van der Waals surface area contributed by atoms with Gasteiger partial charge in [-0.2, -0.15) is 0 Å². The van der Waals surface area contributed by atoms with Gasteiger partial charge in [0.2, 0.25) is 5.01 Å². The fourth-order valence-electron chi connectivity index (χ4n) is 3.06. The number of benzene rings is 3. The van der Waals surface area contributed by atoms with Crippen LogP contribution in [-0.2, 0) is 0 Å². The lowest BCUT2D eigenvalue weighted by Crippen LogP contribution is -2.19. The van der Waals surface area contributed by atoms with E-state index in [1.807, 2.05) is 75.4 Å². The summed E-state index contributed by atoms with van der Waals surface area (Å²) in [6.45, 7) is 6.01. The first kappa shape index (κ1) is 22.2. The topological polar surface area (TPSA) is 96.0 Å². The van der Waals surface area contributed by atoms with Crippen LogP contribution in [0.3, 0.4) is 0 Å². The molecule has 0 saturated carbocycles. The Labute approximate surface area is 195 Å². The van der Waals surface area contributed by atoms with E-state index in [9.17, 15) is 9.59 Å². The number of aryl methyl sites for hydroxylation is 3. The Balaban J connectivity index is 1.37. The Morgan fingerprint density at radius 1 is 0.697 bits per heavy atom. The third kappa shape index (κ3) is 5.61. The Morgan fingerprint density at radius 2 is 1.30 bits per heavy atom. The van der Waals surface area contributed by atoms with Crippen LogP contribution in [-0.4, -0.2) is 22.1 Å². The highest BCUT2D eigenvalue weighted by molar-refractivity contribution is 7.16. The zero-order chi connectivity index (χ0) is 23.4. The SMILES string of the molecule is Cc1ccc(NC(=O)c2nnc(-c3ccc(NC(=O)Nc4ccc(C)c(C)c4)cc3)s2)cc1. The van der Waals surface area contributed by atoms with Gasteiger partial charge in [0.1, 0.15) is 5.01 Å². The quantitative estimate of drug-likeness (QED) is 0.341.